The van der Waals surface area contributed by atoms with Crippen LogP contribution in [0.2, 0.25) is 0 Å². The largest absolute Gasteiger partial charge is 0.317 e. The Morgan fingerprint density at radius 1 is 1.20 bits per heavy atom. The molecule has 0 saturated carbocycles. The molecule has 2 rings (SSSR count). The number of piperidine rings is 1. The molecule has 2 fully saturated rings. The molecule has 0 aromatic heterocycles. The Kier molecular flexibility index (Phi) is 3.92. The summed E-state index contributed by atoms with van der Waals surface area (Å²) in [5.41, 5.74) is 0. The number of halogens is 2. The molecule has 4 heteroatoms. The van der Waals surface area contributed by atoms with E-state index in [1.165, 1.54) is 0 Å². The summed E-state index contributed by atoms with van der Waals surface area (Å²) in [5.74, 6) is 0.646. The van der Waals surface area contributed by atoms with E-state index in [1.54, 1.807) is 0 Å². The third kappa shape index (κ3) is 2.88. The molecule has 15 heavy (non-hydrogen) atoms. The monoisotopic (exact) mass is 218 g/mol. The molecule has 1 N–H and O–H groups in total. The summed E-state index contributed by atoms with van der Waals surface area (Å²) in [6.45, 7) is 2.97. The van der Waals surface area contributed by atoms with Gasteiger partial charge in [0, 0.05) is 6.04 Å². The lowest BCUT2D eigenvalue weighted by molar-refractivity contribution is 0.0629. The second-order valence-electron chi connectivity index (χ2n) is 4.68. The molecular formula is C11H20F2N2. The molecule has 0 spiro atoms. The first-order valence-electron chi connectivity index (χ1n) is 6.00. The number of likely N-dealkylation sites (tertiary alicyclic amines) is 1. The van der Waals surface area contributed by atoms with E-state index in [9.17, 15) is 8.78 Å². The molecule has 0 amide bonds. The number of hydrogen-bond donors (Lipinski definition) is 1. The molecule has 0 aromatic carbocycles. The predicted octanol–water partition coefficient (Wildman–Crippen LogP) is 1.72. The molecule has 1 unspecified atom stereocenters. The van der Waals surface area contributed by atoms with Crippen molar-refractivity contribution in [2.75, 3.05) is 26.2 Å². The van der Waals surface area contributed by atoms with Crippen LogP contribution in [-0.4, -0.2) is 43.5 Å². The van der Waals surface area contributed by atoms with E-state index < -0.39 is 6.43 Å². The average Bonchev–Trinajstić information content (AvgIpc) is 2.66. The molecule has 0 aromatic rings. The van der Waals surface area contributed by atoms with Gasteiger partial charge in [0.25, 0.3) is 6.43 Å². The maximum atomic E-state index is 12.4. The van der Waals surface area contributed by atoms with Crippen molar-refractivity contribution in [2.24, 2.45) is 5.92 Å². The van der Waals surface area contributed by atoms with Crippen LogP contribution in [0.15, 0.2) is 0 Å². The van der Waals surface area contributed by atoms with Crippen LogP contribution in [0.3, 0.4) is 0 Å². The number of rotatable bonds is 3. The van der Waals surface area contributed by atoms with Crippen LogP contribution in [0.5, 0.6) is 0 Å². The molecule has 2 aliphatic heterocycles. The van der Waals surface area contributed by atoms with E-state index in [-0.39, 0.29) is 6.54 Å². The van der Waals surface area contributed by atoms with Crippen molar-refractivity contribution in [1.29, 1.82) is 0 Å². The molecule has 2 saturated heterocycles. The Morgan fingerprint density at radius 2 is 1.93 bits per heavy atom. The van der Waals surface area contributed by atoms with E-state index in [0.29, 0.717) is 12.0 Å². The highest BCUT2D eigenvalue weighted by Gasteiger charge is 2.33. The molecule has 1 atom stereocenters. The van der Waals surface area contributed by atoms with Gasteiger partial charge in [-0.1, -0.05) is 0 Å². The Labute approximate surface area is 90.0 Å². The lowest BCUT2D eigenvalue weighted by Crippen LogP contribution is -2.42. The Morgan fingerprint density at radius 3 is 2.60 bits per heavy atom. The Balaban J connectivity index is 1.88. The van der Waals surface area contributed by atoms with Gasteiger partial charge < -0.3 is 5.32 Å². The molecular weight excluding hydrogens is 198 g/mol. The normalized spacial score (nSPS) is 30.2. The average molecular weight is 218 g/mol. The zero-order chi connectivity index (χ0) is 10.7. The second-order valence-corrected chi connectivity index (χ2v) is 4.68. The van der Waals surface area contributed by atoms with Gasteiger partial charge in [0.15, 0.2) is 0 Å². The number of nitrogens with zero attached hydrogens (tertiary/aromatic N) is 1. The third-order valence-corrected chi connectivity index (χ3v) is 3.71. The molecule has 2 heterocycles. The topological polar surface area (TPSA) is 15.3 Å². The van der Waals surface area contributed by atoms with E-state index in [0.717, 1.165) is 45.3 Å². The summed E-state index contributed by atoms with van der Waals surface area (Å²) >= 11 is 0. The minimum absolute atomic E-state index is 0.0193. The Hall–Kier alpha value is -0.220. The summed E-state index contributed by atoms with van der Waals surface area (Å²) < 4.78 is 24.7. The van der Waals surface area contributed by atoms with E-state index in [2.05, 4.69) is 5.32 Å². The van der Waals surface area contributed by atoms with Gasteiger partial charge in [-0.2, -0.15) is 0 Å². The maximum absolute atomic E-state index is 12.4. The van der Waals surface area contributed by atoms with Crippen molar-refractivity contribution in [1.82, 2.24) is 10.2 Å². The minimum atomic E-state index is -2.17. The van der Waals surface area contributed by atoms with E-state index in [4.69, 9.17) is 0 Å². The van der Waals surface area contributed by atoms with Crippen LogP contribution < -0.4 is 5.32 Å². The number of hydrogen-bond acceptors (Lipinski definition) is 2. The smallest absolute Gasteiger partial charge is 0.251 e. The van der Waals surface area contributed by atoms with Crippen molar-refractivity contribution in [3.05, 3.63) is 0 Å². The van der Waals surface area contributed by atoms with Crippen molar-refractivity contribution in [3.63, 3.8) is 0 Å². The fourth-order valence-electron chi connectivity index (χ4n) is 3.02. The maximum Gasteiger partial charge on any atom is 0.251 e. The Bertz CT molecular complexity index is 193. The van der Waals surface area contributed by atoms with Crippen LogP contribution in [0.1, 0.15) is 25.7 Å². The SMILES string of the molecule is FC(F)CN1CCCC1C1CCNCC1. The van der Waals surface area contributed by atoms with Gasteiger partial charge in [-0.25, -0.2) is 8.78 Å². The van der Waals surface area contributed by atoms with E-state index in [1.807, 2.05) is 4.90 Å². The molecule has 2 nitrogen and oxygen atoms in total. The van der Waals surface area contributed by atoms with E-state index >= 15 is 0 Å². The lowest BCUT2D eigenvalue weighted by Gasteiger charge is -2.34. The zero-order valence-electron chi connectivity index (χ0n) is 9.09. The fraction of sp³-hybridized carbons (Fsp3) is 1.00. The van der Waals surface area contributed by atoms with Crippen LogP contribution in [0.25, 0.3) is 0 Å². The molecule has 88 valence electrons. The van der Waals surface area contributed by atoms with Crippen molar-refractivity contribution in [2.45, 2.75) is 38.2 Å². The lowest BCUT2D eigenvalue weighted by atomic mass is 9.89. The second kappa shape index (κ2) is 5.21. The standard InChI is InChI=1S/C11H20F2N2/c12-11(13)8-15-7-1-2-10(15)9-3-5-14-6-4-9/h9-11,14H,1-8H2. The fourth-order valence-corrected chi connectivity index (χ4v) is 3.02. The van der Waals surface area contributed by atoms with Crippen LogP contribution in [0.4, 0.5) is 8.78 Å². The molecule has 0 aliphatic carbocycles. The van der Waals surface area contributed by atoms with Crippen LogP contribution in [-0.2, 0) is 0 Å². The molecule has 0 radical (unpaired) electrons. The highest BCUT2D eigenvalue weighted by molar-refractivity contribution is 4.87. The summed E-state index contributed by atoms with van der Waals surface area (Å²) in [6, 6.07) is 0.432. The van der Waals surface area contributed by atoms with Gasteiger partial charge in [-0.3, -0.25) is 4.90 Å². The number of alkyl halides is 2. The molecule has 0 bridgehead atoms. The third-order valence-electron chi connectivity index (χ3n) is 3.71. The van der Waals surface area contributed by atoms with Gasteiger partial charge in [-0.05, 0) is 51.2 Å². The summed E-state index contributed by atoms with van der Waals surface area (Å²) in [7, 11) is 0. The van der Waals surface area contributed by atoms with Crippen molar-refractivity contribution in [3.8, 4) is 0 Å². The highest BCUT2D eigenvalue weighted by atomic mass is 19.3. The quantitative estimate of drug-likeness (QED) is 0.776. The summed E-state index contributed by atoms with van der Waals surface area (Å²) in [6.07, 6.45) is 2.36. The summed E-state index contributed by atoms with van der Waals surface area (Å²) in [4.78, 5) is 2.01. The number of nitrogens with one attached hydrogen (secondary N) is 1. The first-order valence-corrected chi connectivity index (χ1v) is 6.00. The van der Waals surface area contributed by atoms with Gasteiger partial charge >= 0.3 is 0 Å². The van der Waals surface area contributed by atoms with Crippen molar-refractivity contribution >= 4 is 0 Å². The molecule has 2 aliphatic rings. The first-order chi connectivity index (χ1) is 7.27. The van der Waals surface area contributed by atoms with Gasteiger partial charge in [0.2, 0.25) is 0 Å². The van der Waals surface area contributed by atoms with Gasteiger partial charge in [0.1, 0.15) is 0 Å². The first kappa shape index (κ1) is 11.3. The van der Waals surface area contributed by atoms with Crippen LogP contribution in [0, 0.1) is 5.92 Å². The van der Waals surface area contributed by atoms with Crippen molar-refractivity contribution < 1.29 is 8.78 Å². The van der Waals surface area contributed by atoms with Gasteiger partial charge in [0.05, 0.1) is 6.54 Å². The van der Waals surface area contributed by atoms with Crippen LogP contribution >= 0.6 is 0 Å². The predicted molar refractivity (Wildman–Crippen MR) is 56.2 cm³/mol. The van der Waals surface area contributed by atoms with Gasteiger partial charge in [-0.15, -0.1) is 0 Å². The zero-order valence-corrected chi connectivity index (χ0v) is 9.09. The minimum Gasteiger partial charge on any atom is -0.317 e. The summed E-state index contributed by atoms with van der Waals surface area (Å²) in [5, 5.41) is 3.33. The highest BCUT2D eigenvalue weighted by Crippen LogP contribution is 2.29.